The Morgan fingerprint density at radius 1 is 1.21 bits per heavy atom. The van der Waals surface area contributed by atoms with E-state index in [1.807, 2.05) is 12.1 Å². The average molecular weight is 409 g/mol. The minimum absolute atomic E-state index is 0.0348. The first kappa shape index (κ1) is 18.9. The van der Waals surface area contributed by atoms with Crippen LogP contribution in [0.3, 0.4) is 0 Å². The molecule has 0 radical (unpaired) electrons. The number of fused-ring (bicyclic) bond motifs is 1. The predicted molar refractivity (Wildman–Crippen MR) is 110 cm³/mol. The summed E-state index contributed by atoms with van der Waals surface area (Å²) in [6.07, 6.45) is 1.58. The van der Waals surface area contributed by atoms with Crippen molar-refractivity contribution in [1.29, 1.82) is 0 Å². The first-order valence-electron chi connectivity index (χ1n) is 8.97. The van der Waals surface area contributed by atoms with Crippen molar-refractivity contribution in [2.24, 2.45) is 0 Å². The quantitative estimate of drug-likeness (QED) is 0.639. The molecule has 1 aliphatic rings. The Labute approximate surface area is 171 Å². The molecule has 3 aromatic rings. The average Bonchev–Trinajstić information content (AvgIpc) is 3.11. The number of nitrogens with zero attached hydrogens (tertiary/aromatic N) is 2. The summed E-state index contributed by atoms with van der Waals surface area (Å²) >= 11 is 5.95. The largest absolute Gasteiger partial charge is 0.324 e. The third-order valence-electron chi connectivity index (χ3n) is 4.72. The summed E-state index contributed by atoms with van der Waals surface area (Å²) in [5, 5.41) is 10.5. The molecular formula is C21H17ClN4O3. The van der Waals surface area contributed by atoms with Gasteiger partial charge in [0.15, 0.2) is 5.78 Å². The highest BCUT2D eigenvalue weighted by Crippen LogP contribution is 2.34. The van der Waals surface area contributed by atoms with Gasteiger partial charge < -0.3 is 10.6 Å². The molecule has 2 aromatic carbocycles. The van der Waals surface area contributed by atoms with E-state index in [9.17, 15) is 14.4 Å². The summed E-state index contributed by atoms with van der Waals surface area (Å²) in [6, 6.07) is 13.0. The Hall–Kier alpha value is -3.45. The van der Waals surface area contributed by atoms with Crippen LogP contribution in [0.2, 0.25) is 5.02 Å². The van der Waals surface area contributed by atoms with Gasteiger partial charge in [-0.3, -0.25) is 14.4 Å². The molecule has 0 aliphatic carbocycles. The van der Waals surface area contributed by atoms with E-state index in [0.29, 0.717) is 27.7 Å². The van der Waals surface area contributed by atoms with Gasteiger partial charge in [-0.2, -0.15) is 5.10 Å². The van der Waals surface area contributed by atoms with Crippen molar-refractivity contribution < 1.29 is 14.4 Å². The van der Waals surface area contributed by atoms with Crippen LogP contribution in [-0.4, -0.2) is 27.4 Å². The molecule has 0 fully saturated rings. The van der Waals surface area contributed by atoms with Crippen molar-refractivity contribution in [2.45, 2.75) is 19.4 Å². The van der Waals surface area contributed by atoms with Gasteiger partial charge >= 0.3 is 0 Å². The van der Waals surface area contributed by atoms with Gasteiger partial charge in [0.2, 0.25) is 11.8 Å². The first-order valence-corrected chi connectivity index (χ1v) is 9.35. The third kappa shape index (κ3) is 3.77. The smallest absolute Gasteiger partial charge is 0.249 e. The minimum atomic E-state index is -0.805. The first-order chi connectivity index (χ1) is 13.9. The molecule has 4 rings (SSSR count). The molecule has 2 heterocycles. The van der Waals surface area contributed by atoms with E-state index in [-0.39, 0.29) is 24.0 Å². The van der Waals surface area contributed by atoms with E-state index in [1.165, 1.54) is 11.6 Å². The van der Waals surface area contributed by atoms with Crippen molar-refractivity contribution in [1.82, 2.24) is 9.78 Å². The number of aromatic nitrogens is 2. The summed E-state index contributed by atoms with van der Waals surface area (Å²) < 4.78 is 1.51. The number of hydrogen-bond acceptors (Lipinski definition) is 4. The lowest BCUT2D eigenvalue weighted by Gasteiger charge is -2.24. The van der Waals surface area contributed by atoms with Gasteiger partial charge in [0.1, 0.15) is 11.9 Å². The maximum atomic E-state index is 12.9. The number of carbonyl (C=O) groups excluding carboxylic acids is 3. The molecule has 2 amide bonds. The number of ketones is 1. The summed E-state index contributed by atoms with van der Waals surface area (Å²) in [5.41, 5.74) is 2.51. The SMILES string of the molecule is CC(=O)c1cccc(NC(=O)[C@@H]2CC(=O)Nc3c(-c4ccc(Cl)cc4)cnn32)c1. The number of benzene rings is 2. The molecule has 1 aromatic heterocycles. The number of nitrogens with one attached hydrogen (secondary N) is 2. The van der Waals surface area contributed by atoms with Crippen LogP contribution in [0.25, 0.3) is 11.1 Å². The lowest BCUT2D eigenvalue weighted by atomic mass is 10.1. The number of amides is 2. The number of Topliss-reactive ketones (excluding diaryl/α,β-unsaturated/α-hetero) is 1. The molecule has 0 spiro atoms. The van der Waals surface area contributed by atoms with Crippen molar-refractivity contribution in [3.05, 3.63) is 65.3 Å². The molecule has 2 N–H and O–H groups in total. The highest BCUT2D eigenvalue weighted by atomic mass is 35.5. The molecular weight excluding hydrogens is 392 g/mol. The maximum absolute atomic E-state index is 12.9. The molecule has 0 saturated carbocycles. The van der Waals surface area contributed by atoms with Crippen LogP contribution in [0.1, 0.15) is 29.7 Å². The van der Waals surface area contributed by atoms with Gasteiger partial charge in [-0.15, -0.1) is 0 Å². The van der Waals surface area contributed by atoms with Crippen LogP contribution in [0.15, 0.2) is 54.7 Å². The van der Waals surface area contributed by atoms with E-state index in [4.69, 9.17) is 11.6 Å². The number of halogens is 1. The summed E-state index contributed by atoms with van der Waals surface area (Å²) in [6.45, 7) is 1.46. The van der Waals surface area contributed by atoms with Gasteiger partial charge in [0, 0.05) is 21.8 Å². The van der Waals surface area contributed by atoms with Gasteiger partial charge in [-0.05, 0) is 36.8 Å². The second kappa shape index (κ2) is 7.52. The molecule has 0 bridgehead atoms. The summed E-state index contributed by atoms with van der Waals surface area (Å²) in [5.74, 6) is -0.292. The fraction of sp³-hybridized carbons (Fsp3) is 0.143. The Morgan fingerprint density at radius 2 is 1.97 bits per heavy atom. The van der Waals surface area contributed by atoms with Crippen LogP contribution in [0, 0.1) is 0 Å². The van der Waals surface area contributed by atoms with Crippen molar-refractivity contribution in [3.63, 3.8) is 0 Å². The van der Waals surface area contributed by atoms with Gasteiger partial charge in [-0.25, -0.2) is 4.68 Å². The molecule has 146 valence electrons. The van der Waals surface area contributed by atoms with Crippen LogP contribution in [0.4, 0.5) is 11.5 Å². The number of anilines is 2. The fourth-order valence-electron chi connectivity index (χ4n) is 3.25. The molecule has 29 heavy (non-hydrogen) atoms. The van der Waals surface area contributed by atoms with Crippen LogP contribution < -0.4 is 10.6 Å². The Kier molecular flexibility index (Phi) is 4.90. The Morgan fingerprint density at radius 3 is 2.69 bits per heavy atom. The van der Waals surface area contributed by atoms with Crippen molar-refractivity contribution in [3.8, 4) is 11.1 Å². The number of rotatable bonds is 4. The standard InChI is InChI=1S/C21H17ClN4O3/c1-12(27)14-3-2-4-16(9-14)24-21(29)18-10-19(28)25-20-17(11-23-26(18)20)13-5-7-15(22)8-6-13/h2-9,11,18H,10H2,1H3,(H,24,29)(H,25,28)/t18-/m0/s1. The Bertz CT molecular complexity index is 1120. The van der Waals surface area contributed by atoms with Crippen LogP contribution in [-0.2, 0) is 9.59 Å². The van der Waals surface area contributed by atoms with Gasteiger partial charge in [0.05, 0.1) is 12.6 Å². The van der Waals surface area contributed by atoms with E-state index in [0.717, 1.165) is 5.56 Å². The van der Waals surface area contributed by atoms with Gasteiger partial charge in [-0.1, -0.05) is 35.9 Å². The lowest BCUT2D eigenvalue weighted by Crippen LogP contribution is -2.35. The summed E-state index contributed by atoms with van der Waals surface area (Å²) in [4.78, 5) is 36.7. The topological polar surface area (TPSA) is 93.1 Å². The highest BCUT2D eigenvalue weighted by molar-refractivity contribution is 6.30. The Balaban J connectivity index is 1.64. The molecule has 0 saturated heterocycles. The maximum Gasteiger partial charge on any atom is 0.249 e. The van der Waals surface area contributed by atoms with Crippen molar-refractivity contribution >= 4 is 40.7 Å². The van der Waals surface area contributed by atoms with E-state index in [2.05, 4.69) is 15.7 Å². The second-order valence-electron chi connectivity index (χ2n) is 6.75. The zero-order chi connectivity index (χ0) is 20.5. The fourth-order valence-corrected chi connectivity index (χ4v) is 3.38. The minimum Gasteiger partial charge on any atom is -0.324 e. The molecule has 0 unspecified atom stereocenters. The zero-order valence-corrected chi connectivity index (χ0v) is 16.2. The molecule has 7 nitrogen and oxygen atoms in total. The normalized spacial score (nSPS) is 15.4. The number of carbonyl (C=O) groups is 3. The second-order valence-corrected chi connectivity index (χ2v) is 7.19. The zero-order valence-electron chi connectivity index (χ0n) is 15.5. The van der Waals surface area contributed by atoms with E-state index < -0.39 is 6.04 Å². The van der Waals surface area contributed by atoms with Crippen LogP contribution in [0.5, 0.6) is 0 Å². The van der Waals surface area contributed by atoms with E-state index >= 15 is 0 Å². The van der Waals surface area contributed by atoms with E-state index in [1.54, 1.807) is 42.6 Å². The monoisotopic (exact) mass is 408 g/mol. The molecule has 8 heteroatoms. The highest BCUT2D eigenvalue weighted by Gasteiger charge is 2.33. The van der Waals surface area contributed by atoms with Gasteiger partial charge in [0.25, 0.3) is 0 Å². The summed E-state index contributed by atoms with van der Waals surface area (Å²) in [7, 11) is 0. The third-order valence-corrected chi connectivity index (χ3v) is 4.97. The molecule has 1 atom stereocenters. The predicted octanol–water partition coefficient (Wildman–Crippen LogP) is 3.93. The lowest BCUT2D eigenvalue weighted by molar-refractivity contribution is -0.125. The number of hydrogen-bond donors (Lipinski definition) is 2. The van der Waals surface area contributed by atoms with Crippen LogP contribution >= 0.6 is 11.6 Å². The molecule has 1 aliphatic heterocycles. The van der Waals surface area contributed by atoms with Crippen molar-refractivity contribution in [2.75, 3.05) is 10.6 Å².